The molecule has 0 saturated heterocycles. The first-order chi connectivity index (χ1) is 15.1. The molecule has 2 amide bonds. The molecular formula is C25H30N2O4. The van der Waals surface area contributed by atoms with Gasteiger partial charge in [-0.05, 0) is 43.4 Å². The van der Waals surface area contributed by atoms with Gasteiger partial charge < -0.3 is 20.1 Å². The quantitative estimate of drug-likeness (QED) is 0.625. The number of para-hydroxylation sites is 1. The predicted molar refractivity (Wildman–Crippen MR) is 120 cm³/mol. The van der Waals surface area contributed by atoms with E-state index in [1.807, 2.05) is 30.3 Å². The predicted octanol–water partition coefficient (Wildman–Crippen LogP) is 4.22. The average molecular weight is 423 g/mol. The van der Waals surface area contributed by atoms with Gasteiger partial charge in [-0.25, -0.2) is 4.79 Å². The summed E-state index contributed by atoms with van der Waals surface area (Å²) in [5, 5.41) is 5.77. The largest absolute Gasteiger partial charge is 0.496 e. The first-order valence-electron chi connectivity index (χ1n) is 10.6. The van der Waals surface area contributed by atoms with Crippen molar-refractivity contribution in [2.75, 3.05) is 20.2 Å². The minimum absolute atomic E-state index is 0.181. The number of nitrogens with one attached hydrogen (secondary N) is 2. The van der Waals surface area contributed by atoms with E-state index in [0.717, 1.165) is 24.8 Å². The second-order valence-electron chi connectivity index (χ2n) is 7.82. The van der Waals surface area contributed by atoms with Crippen LogP contribution in [0, 0.1) is 0 Å². The molecule has 1 aliphatic rings. The number of alkyl carbamates (subject to hydrolysis) is 1. The highest BCUT2D eigenvalue weighted by atomic mass is 16.6. The van der Waals surface area contributed by atoms with E-state index in [4.69, 9.17) is 9.47 Å². The van der Waals surface area contributed by atoms with Crippen LogP contribution in [0.2, 0.25) is 0 Å². The van der Waals surface area contributed by atoms with Crippen molar-refractivity contribution in [3.63, 3.8) is 0 Å². The van der Waals surface area contributed by atoms with Crippen LogP contribution in [0.5, 0.6) is 5.75 Å². The number of hydrogen-bond donors (Lipinski definition) is 2. The lowest BCUT2D eigenvalue weighted by Gasteiger charge is -2.41. The van der Waals surface area contributed by atoms with Gasteiger partial charge in [0.25, 0.3) is 5.91 Å². The number of carbonyl (C=O) groups is 2. The summed E-state index contributed by atoms with van der Waals surface area (Å²) in [6.07, 6.45) is 4.20. The third-order valence-electron chi connectivity index (χ3n) is 5.79. The zero-order chi connectivity index (χ0) is 22.1. The highest BCUT2D eigenvalue weighted by Gasteiger charge is 2.39. The molecule has 0 aromatic heterocycles. The van der Waals surface area contributed by atoms with Gasteiger partial charge in [0.1, 0.15) is 11.9 Å². The Hall–Kier alpha value is -3.28. The SMILES string of the molecule is C=CCNC(=O)O[C@@H]1CCC[C@@](CNC(=O)c2ccccc2OC)(c2ccccc2)C1. The molecule has 1 fully saturated rings. The standard InChI is InChI=1S/C25H30N2O4/c1-3-16-26-24(29)31-20-12-9-15-25(17-20,19-10-5-4-6-11-19)18-27-23(28)21-13-7-8-14-22(21)30-2/h3-8,10-11,13-14,20H,1,9,12,15-18H2,2H3,(H,26,29)(H,27,28)/t20-,25-/m1/s1. The summed E-state index contributed by atoms with van der Waals surface area (Å²) in [5.41, 5.74) is 1.32. The number of ether oxygens (including phenoxy) is 2. The van der Waals surface area contributed by atoms with E-state index in [-0.39, 0.29) is 17.4 Å². The number of carbonyl (C=O) groups excluding carboxylic acids is 2. The van der Waals surface area contributed by atoms with Gasteiger partial charge in [-0.3, -0.25) is 4.79 Å². The molecule has 0 radical (unpaired) electrons. The zero-order valence-electron chi connectivity index (χ0n) is 17.9. The van der Waals surface area contributed by atoms with Crippen LogP contribution >= 0.6 is 0 Å². The monoisotopic (exact) mass is 422 g/mol. The number of methoxy groups -OCH3 is 1. The molecule has 2 aromatic rings. The van der Waals surface area contributed by atoms with Crippen molar-refractivity contribution in [3.8, 4) is 5.75 Å². The number of benzene rings is 2. The summed E-state index contributed by atoms with van der Waals surface area (Å²) in [4.78, 5) is 25.0. The van der Waals surface area contributed by atoms with E-state index in [9.17, 15) is 9.59 Å². The van der Waals surface area contributed by atoms with E-state index >= 15 is 0 Å². The van der Waals surface area contributed by atoms with Gasteiger partial charge in [-0.2, -0.15) is 0 Å². The van der Waals surface area contributed by atoms with Crippen molar-refractivity contribution in [1.82, 2.24) is 10.6 Å². The number of rotatable bonds is 8. The molecule has 0 heterocycles. The van der Waals surface area contributed by atoms with Crippen LogP contribution in [-0.2, 0) is 10.2 Å². The Balaban J connectivity index is 1.77. The van der Waals surface area contributed by atoms with Gasteiger partial charge in [0.15, 0.2) is 0 Å². The molecule has 0 unspecified atom stereocenters. The fraction of sp³-hybridized carbons (Fsp3) is 0.360. The summed E-state index contributed by atoms with van der Waals surface area (Å²) < 4.78 is 11.0. The Morgan fingerprint density at radius 2 is 1.87 bits per heavy atom. The lowest BCUT2D eigenvalue weighted by molar-refractivity contribution is 0.0491. The first kappa shape index (κ1) is 22.4. The second kappa shape index (κ2) is 10.7. The third kappa shape index (κ3) is 5.66. The molecule has 0 bridgehead atoms. The van der Waals surface area contributed by atoms with Crippen molar-refractivity contribution in [1.29, 1.82) is 0 Å². The molecule has 2 atom stereocenters. The maximum Gasteiger partial charge on any atom is 0.407 e. The second-order valence-corrected chi connectivity index (χ2v) is 7.82. The summed E-state index contributed by atoms with van der Waals surface area (Å²) in [6, 6.07) is 17.3. The molecule has 0 spiro atoms. The molecule has 6 heteroatoms. The maximum absolute atomic E-state index is 12.9. The maximum atomic E-state index is 12.9. The van der Waals surface area contributed by atoms with Crippen LogP contribution in [0.4, 0.5) is 4.79 Å². The fourth-order valence-electron chi connectivity index (χ4n) is 4.25. The van der Waals surface area contributed by atoms with Gasteiger partial charge in [0.2, 0.25) is 0 Å². The lowest BCUT2D eigenvalue weighted by Crippen LogP contribution is -2.46. The van der Waals surface area contributed by atoms with Crippen molar-refractivity contribution < 1.29 is 19.1 Å². The molecule has 3 rings (SSSR count). The molecule has 1 saturated carbocycles. The molecule has 2 aromatic carbocycles. The van der Waals surface area contributed by atoms with E-state index in [0.29, 0.717) is 30.8 Å². The minimum atomic E-state index is -0.438. The third-order valence-corrected chi connectivity index (χ3v) is 5.79. The average Bonchev–Trinajstić information content (AvgIpc) is 2.82. The summed E-state index contributed by atoms with van der Waals surface area (Å²) in [6.45, 7) is 4.41. The zero-order valence-corrected chi connectivity index (χ0v) is 17.9. The molecule has 31 heavy (non-hydrogen) atoms. The molecule has 6 nitrogen and oxygen atoms in total. The molecular weight excluding hydrogens is 392 g/mol. The van der Waals surface area contributed by atoms with E-state index < -0.39 is 6.09 Å². The highest BCUT2D eigenvalue weighted by molar-refractivity contribution is 5.97. The molecule has 164 valence electrons. The summed E-state index contributed by atoms with van der Waals surface area (Å²) >= 11 is 0. The van der Waals surface area contributed by atoms with Crippen molar-refractivity contribution in [3.05, 3.63) is 78.4 Å². The highest BCUT2D eigenvalue weighted by Crippen LogP contribution is 2.40. The smallest absolute Gasteiger partial charge is 0.407 e. The van der Waals surface area contributed by atoms with Crippen molar-refractivity contribution in [2.45, 2.75) is 37.2 Å². The topological polar surface area (TPSA) is 76.7 Å². The molecule has 0 aliphatic heterocycles. The first-order valence-corrected chi connectivity index (χ1v) is 10.6. The van der Waals surface area contributed by atoms with Gasteiger partial charge in [0, 0.05) is 18.5 Å². The van der Waals surface area contributed by atoms with Crippen LogP contribution in [0.3, 0.4) is 0 Å². The van der Waals surface area contributed by atoms with Gasteiger partial charge in [-0.15, -0.1) is 6.58 Å². The minimum Gasteiger partial charge on any atom is -0.496 e. The number of hydrogen-bond acceptors (Lipinski definition) is 4. The van der Waals surface area contributed by atoms with E-state index in [2.05, 4.69) is 29.3 Å². The van der Waals surface area contributed by atoms with E-state index in [1.54, 1.807) is 25.3 Å². The van der Waals surface area contributed by atoms with Gasteiger partial charge >= 0.3 is 6.09 Å². The van der Waals surface area contributed by atoms with Crippen LogP contribution in [-0.4, -0.2) is 38.3 Å². The Morgan fingerprint density at radius 3 is 2.61 bits per heavy atom. The van der Waals surface area contributed by atoms with Gasteiger partial charge in [-0.1, -0.05) is 48.5 Å². The fourth-order valence-corrected chi connectivity index (χ4v) is 4.25. The summed E-state index contributed by atoms with van der Waals surface area (Å²) in [7, 11) is 1.55. The Morgan fingerprint density at radius 1 is 1.13 bits per heavy atom. The molecule has 2 N–H and O–H groups in total. The van der Waals surface area contributed by atoms with Crippen LogP contribution in [0.1, 0.15) is 41.6 Å². The van der Waals surface area contributed by atoms with Crippen LogP contribution in [0.25, 0.3) is 0 Å². The van der Waals surface area contributed by atoms with Crippen LogP contribution in [0.15, 0.2) is 67.3 Å². The summed E-state index contributed by atoms with van der Waals surface area (Å²) in [5.74, 6) is 0.358. The lowest BCUT2D eigenvalue weighted by atomic mass is 9.68. The van der Waals surface area contributed by atoms with Gasteiger partial charge in [0.05, 0.1) is 12.7 Å². The normalized spacial score (nSPS) is 20.4. The van der Waals surface area contributed by atoms with Crippen molar-refractivity contribution >= 4 is 12.0 Å². The Labute approximate surface area is 183 Å². The number of amides is 2. The van der Waals surface area contributed by atoms with E-state index in [1.165, 1.54) is 0 Å². The Kier molecular flexibility index (Phi) is 7.70. The van der Waals surface area contributed by atoms with Crippen molar-refractivity contribution in [2.24, 2.45) is 0 Å². The Bertz CT molecular complexity index is 899. The molecule has 1 aliphatic carbocycles. The van der Waals surface area contributed by atoms with Crippen LogP contribution < -0.4 is 15.4 Å².